The van der Waals surface area contributed by atoms with Crippen molar-refractivity contribution in [2.24, 2.45) is 0 Å². The lowest BCUT2D eigenvalue weighted by molar-refractivity contribution is -0.132. The second-order valence-corrected chi connectivity index (χ2v) is 7.84. The maximum Gasteiger partial charge on any atom is 0.408 e. The average molecular weight is 420 g/mol. The molecule has 0 bridgehead atoms. The predicted octanol–water partition coefficient (Wildman–Crippen LogP) is 3.20. The van der Waals surface area contributed by atoms with Gasteiger partial charge in [-0.05, 0) is 41.5 Å². The van der Waals surface area contributed by atoms with E-state index >= 15 is 0 Å². The molecule has 1 saturated carbocycles. The van der Waals surface area contributed by atoms with Gasteiger partial charge in [-0.3, -0.25) is 4.79 Å². The number of carbonyl (C=O) groups excluding carboxylic acids is 2. The first kappa shape index (κ1) is 20.7. The third kappa shape index (κ3) is 4.17. The Labute approximate surface area is 180 Å². The molecular weight excluding hydrogens is 396 g/mol. The van der Waals surface area contributed by atoms with Gasteiger partial charge in [0.25, 0.3) is 0 Å². The van der Waals surface area contributed by atoms with Gasteiger partial charge in [0.1, 0.15) is 12.1 Å². The minimum atomic E-state index is -1.08. The molecule has 0 atom stereocenters. The summed E-state index contributed by atoms with van der Waals surface area (Å²) in [5.41, 5.74) is 3.54. The highest BCUT2D eigenvalue weighted by molar-refractivity contribution is 5.91. The molecule has 4 rings (SSSR count). The third-order valence-corrected chi connectivity index (χ3v) is 5.97. The molecule has 3 N–H and O–H groups in total. The van der Waals surface area contributed by atoms with Gasteiger partial charge in [0.05, 0.1) is 0 Å². The molecule has 2 aliphatic rings. The Balaban J connectivity index is 1.38. The number of carboxylic acid groups (broad SMARTS) is 1. The molecule has 2 aromatic rings. The van der Waals surface area contributed by atoms with E-state index in [-0.39, 0.29) is 25.0 Å². The molecule has 7 nitrogen and oxygen atoms in total. The number of nitrogens with one attached hydrogen (secondary N) is 2. The SMILES string of the molecule is O=C(O)/C=C/CNC(=O)C1(NC(=O)OCC2c3ccccc3-c3ccccc32)CCC1. The van der Waals surface area contributed by atoms with Crippen LogP contribution in [0.5, 0.6) is 0 Å². The van der Waals surface area contributed by atoms with Crippen LogP contribution in [0, 0.1) is 0 Å². The molecule has 0 heterocycles. The quantitative estimate of drug-likeness (QED) is 0.597. The smallest absolute Gasteiger partial charge is 0.408 e. The van der Waals surface area contributed by atoms with Crippen LogP contribution >= 0.6 is 0 Å². The Morgan fingerprint density at radius 2 is 1.65 bits per heavy atom. The summed E-state index contributed by atoms with van der Waals surface area (Å²) in [7, 11) is 0. The third-order valence-electron chi connectivity index (χ3n) is 5.97. The van der Waals surface area contributed by atoms with E-state index < -0.39 is 17.6 Å². The minimum absolute atomic E-state index is 0.0505. The Morgan fingerprint density at radius 1 is 1.03 bits per heavy atom. The Morgan fingerprint density at radius 3 is 2.19 bits per heavy atom. The molecule has 0 radical (unpaired) electrons. The van der Waals surface area contributed by atoms with Crippen LogP contribution in [0.4, 0.5) is 4.79 Å². The zero-order chi connectivity index (χ0) is 21.8. The summed E-state index contributed by atoms with van der Waals surface area (Å²) in [6, 6.07) is 16.2. The van der Waals surface area contributed by atoms with Crippen molar-refractivity contribution in [2.45, 2.75) is 30.7 Å². The van der Waals surface area contributed by atoms with Crippen LogP contribution in [0.25, 0.3) is 11.1 Å². The Hall–Kier alpha value is -3.61. The van der Waals surface area contributed by atoms with Crippen LogP contribution in [0.3, 0.4) is 0 Å². The highest BCUT2D eigenvalue weighted by Gasteiger charge is 2.45. The summed E-state index contributed by atoms with van der Waals surface area (Å²) >= 11 is 0. The van der Waals surface area contributed by atoms with E-state index in [1.54, 1.807) is 0 Å². The number of benzene rings is 2. The number of rotatable bonds is 7. The van der Waals surface area contributed by atoms with Crippen molar-refractivity contribution >= 4 is 18.0 Å². The van der Waals surface area contributed by atoms with Crippen molar-refractivity contribution in [2.75, 3.05) is 13.2 Å². The normalized spacial score (nSPS) is 16.1. The van der Waals surface area contributed by atoms with E-state index in [9.17, 15) is 14.4 Å². The number of carbonyl (C=O) groups is 3. The van der Waals surface area contributed by atoms with Crippen molar-refractivity contribution in [3.8, 4) is 11.1 Å². The summed E-state index contributed by atoms with van der Waals surface area (Å²) in [4.78, 5) is 35.6. The maximum absolute atomic E-state index is 12.6. The Kier molecular flexibility index (Phi) is 5.75. The van der Waals surface area contributed by atoms with E-state index in [2.05, 4.69) is 22.8 Å². The van der Waals surface area contributed by atoms with Crippen LogP contribution in [-0.4, -0.2) is 41.8 Å². The summed E-state index contributed by atoms with van der Waals surface area (Å²) in [6.45, 7) is 0.262. The second-order valence-electron chi connectivity index (χ2n) is 7.84. The summed E-state index contributed by atoms with van der Waals surface area (Å²) < 4.78 is 5.56. The van der Waals surface area contributed by atoms with Gasteiger partial charge in [-0.25, -0.2) is 9.59 Å². The molecule has 0 aromatic heterocycles. The number of fused-ring (bicyclic) bond motifs is 3. The standard InChI is InChI=1S/C24H24N2O5/c27-21(28)11-5-14-25-22(29)24(12-6-13-24)26-23(30)31-15-20-18-9-3-1-7-16(18)17-8-2-4-10-19(17)20/h1-5,7-11,20H,6,12-15H2,(H,25,29)(H,26,30)(H,27,28)/b11-5+. The van der Waals surface area contributed by atoms with Gasteiger partial charge < -0.3 is 20.5 Å². The van der Waals surface area contributed by atoms with E-state index in [4.69, 9.17) is 9.84 Å². The molecule has 1 fully saturated rings. The minimum Gasteiger partial charge on any atom is -0.478 e. The van der Waals surface area contributed by atoms with Gasteiger partial charge in [0, 0.05) is 18.5 Å². The average Bonchev–Trinajstić information content (AvgIpc) is 3.06. The van der Waals surface area contributed by atoms with Crippen molar-refractivity contribution in [3.63, 3.8) is 0 Å². The topological polar surface area (TPSA) is 105 Å². The fourth-order valence-electron chi connectivity index (χ4n) is 4.25. The van der Waals surface area contributed by atoms with Crippen LogP contribution in [0.2, 0.25) is 0 Å². The van der Waals surface area contributed by atoms with E-state index in [1.807, 2.05) is 36.4 Å². The van der Waals surface area contributed by atoms with Gasteiger partial charge in [-0.15, -0.1) is 0 Å². The molecule has 2 aliphatic carbocycles. The second kappa shape index (κ2) is 8.63. The van der Waals surface area contributed by atoms with E-state index in [0.29, 0.717) is 12.8 Å². The first-order chi connectivity index (χ1) is 15.0. The molecule has 0 aliphatic heterocycles. The summed E-state index contributed by atoms with van der Waals surface area (Å²) in [6.07, 6.45) is 3.55. The lowest BCUT2D eigenvalue weighted by Gasteiger charge is -2.40. The molecule has 2 amide bonds. The number of ether oxygens (including phenoxy) is 1. The maximum atomic E-state index is 12.6. The van der Waals surface area contributed by atoms with Crippen molar-refractivity contribution < 1.29 is 24.2 Å². The first-order valence-corrected chi connectivity index (χ1v) is 10.3. The number of aliphatic carboxylic acids is 1. The fraction of sp³-hybridized carbons (Fsp3) is 0.292. The highest BCUT2D eigenvalue weighted by Crippen LogP contribution is 2.44. The lowest BCUT2D eigenvalue weighted by Crippen LogP contribution is -2.63. The number of carboxylic acids is 1. The van der Waals surface area contributed by atoms with Gasteiger partial charge in [-0.2, -0.15) is 0 Å². The van der Waals surface area contributed by atoms with Crippen molar-refractivity contribution in [1.29, 1.82) is 0 Å². The van der Waals surface area contributed by atoms with Gasteiger partial charge >= 0.3 is 12.1 Å². The zero-order valence-corrected chi connectivity index (χ0v) is 17.0. The number of alkyl carbamates (subject to hydrolysis) is 1. The van der Waals surface area contributed by atoms with E-state index in [0.717, 1.165) is 34.8 Å². The van der Waals surface area contributed by atoms with Crippen LogP contribution in [0.15, 0.2) is 60.7 Å². The summed E-state index contributed by atoms with van der Waals surface area (Å²) in [5, 5.41) is 14.0. The molecule has 31 heavy (non-hydrogen) atoms. The van der Waals surface area contributed by atoms with Crippen LogP contribution in [0.1, 0.15) is 36.3 Å². The Bertz CT molecular complexity index is 996. The van der Waals surface area contributed by atoms with Crippen LogP contribution < -0.4 is 10.6 Å². The molecule has 7 heteroatoms. The lowest BCUT2D eigenvalue weighted by atomic mass is 9.76. The van der Waals surface area contributed by atoms with Crippen LogP contribution in [-0.2, 0) is 14.3 Å². The molecule has 2 aromatic carbocycles. The number of hydrogen-bond donors (Lipinski definition) is 3. The number of amides is 2. The highest BCUT2D eigenvalue weighted by atomic mass is 16.5. The monoisotopic (exact) mass is 420 g/mol. The number of hydrogen-bond acceptors (Lipinski definition) is 4. The molecule has 0 spiro atoms. The van der Waals surface area contributed by atoms with E-state index in [1.165, 1.54) is 6.08 Å². The largest absolute Gasteiger partial charge is 0.478 e. The fourth-order valence-corrected chi connectivity index (χ4v) is 4.25. The predicted molar refractivity (Wildman–Crippen MR) is 115 cm³/mol. The molecule has 0 saturated heterocycles. The first-order valence-electron chi connectivity index (χ1n) is 10.3. The van der Waals surface area contributed by atoms with Crippen molar-refractivity contribution in [1.82, 2.24) is 10.6 Å². The summed E-state index contributed by atoms with van der Waals surface area (Å²) in [5.74, 6) is -1.46. The molecule has 0 unspecified atom stereocenters. The molecule has 160 valence electrons. The van der Waals surface area contributed by atoms with Crippen molar-refractivity contribution in [3.05, 3.63) is 71.8 Å². The van der Waals surface area contributed by atoms with Gasteiger partial charge in [0.15, 0.2) is 0 Å². The van der Waals surface area contributed by atoms with Gasteiger partial charge in [0.2, 0.25) is 5.91 Å². The van der Waals surface area contributed by atoms with Gasteiger partial charge in [-0.1, -0.05) is 54.6 Å². The zero-order valence-electron chi connectivity index (χ0n) is 17.0. The molecular formula is C24H24N2O5.